The summed E-state index contributed by atoms with van der Waals surface area (Å²) in [6, 6.07) is 0. The first-order chi connectivity index (χ1) is 21.5. The SMILES string of the molecule is CCCCCCCCCCCCCCCCCC=CC(=O)O.CCCCCCCCCCCCCCCCCC=CC(=O)O.[Mn]. The number of carbonyl (C=O) groups is 2. The van der Waals surface area contributed by atoms with Crippen LogP contribution in [-0.4, -0.2) is 22.2 Å². The minimum absolute atomic E-state index is 0. The van der Waals surface area contributed by atoms with E-state index in [-0.39, 0.29) is 17.1 Å². The quantitative estimate of drug-likeness (QED) is 0.0404. The molecule has 1 radical (unpaired) electrons. The molecule has 2 N–H and O–H groups in total. The maximum absolute atomic E-state index is 10.3. The number of carboxylic acid groups (broad SMARTS) is 2. The van der Waals surface area contributed by atoms with Crippen molar-refractivity contribution < 1.29 is 36.9 Å². The Morgan fingerprint density at radius 3 is 0.711 bits per heavy atom. The Morgan fingerprint density at radius 1 is 0.356 bits per heavy atom. The van der Waals surface area contributed by atoms with Crippen LogP contribution < -0.4 is 0 Å². The molecule has 0 bridgehead atoms. The molecule has 0 unspecified atom stereocenters. The van der Waals surface area contributed by atoms with Crippen LogP contribution in [0.1, 0.15) is 219 Å². The maximum Gasteiger partial charge on any atom is 0.327 e. The largest absolute Gasteiger partial charge is 0.478 e. The molecular formula is C40H76MnO4. The number of unbranched alkanes of at least 4 members (excludes halogenated alkanes) is 30. The Labute approximate surface area is 291 Å². The summed E-state index contributed by atoms with van der Waals surface area (Å²) < 4.78 is 0. The molecule has 0 aromatic carbocycles. The fraction of sp³-hybridized carbons (Fsp3) is 0.850. The van der Waals surface area contributed by atoms with Crippen molar-refractivity contribution in [3.8, 4) is 0 Å². The van der Waals surface area contributed by atoms with E-state index < -0.39 is 11.9 Å². The van der Waals surface area contributed by atoms with Crippen molar-refractivity contribution in [2.75, 3.05) is 0 Å². The predicted molar refractivity (Wildman–Crippen MR) is 193 cm³/mol. The van der Waals surface area contributed by atoms with Crippen LogP contribution in [0.2, 0.25) is 0 Å². The summed E-state index contributed by atoms with van der Waals surface area (Å²) in [5, 5.41) is 16.9. The van der Waals surface area contributed by atoms with Crippen molar-refractivity contribution in [3.63, 3.8) is 0 Å². The van der Waals surface area contributed by atoms with Gasteiger partial charge in [-0.05, 0) is 25.7 Å². The maximum atomic E-state index is 10.3. The second-order valence-electron chi connectivity index (χ2n) is 13.0. The minimum atomic E-state index is -0.832. The van der Waals surface area contributed by atoms with Gasteiger partial charge in [0.15, 0.2) is 0 Å². The number of aliphatic carboxylic acids is 2. The van der Waals surface area contributed by atoms with Crippen LogP contribution in [0.4, 0.5) is 0 Å². The molecule has 0 fully saturated rings. The van der Waals surface area contributed by atoms with Gasteiger partial charge < -0.3 is 10.2 Å². The molecule has 0 saturated heterocycles. The summed E-state index contributed by atoms with van der Waals surface area (Å²) >= 11 is 0. The van der Waals surface area contributed by atoms with E-state index in [1.165, 1.54) is 192 Å². The van der Waals surface area contributed by atoms with Gasteiger partial charge in [-0.3, -0.25) is 0 Å². The van der Waals surface area contributed by atoms with Gasteiger partial charge in [0.25, 0.3) is 0 Å². The Kier molecular flexibility index (Phi) is 48.4. The third-order valence-corrected chi connectivity index (χ3v) is 8.47. The van der Waals surface area contributed by atoms with Crippen LogP contribution in [0, 0.1) is 0 Å². The molecule has 0 aromatic heterocycles. The number of carboxylic acids is 2. The van der Waals surface area contributed by atoms with Gasteiger partial charge in [0.2, 0.25) is 0 Å². The average molecular weight is 676 g/mol. The van der Waals surface area contributed by atoms with E-state index in [0.717, 1.165) is 25.7 Å². The molecule has 0 aliphatic heterocycles. The van der Waals surface area contributed by atoms with Crippen LogP contribution in [-0.2, 0) is 26.7 Å². The molecule has 5 heteroatoms. The monoisotopic (exact) mass is 676 g/mol. The predicted octanol–water partition coefficient (Wildman–Crippen LogP) is 13.8. The van der Waals surface area contributed by atoms with Crippen LogP contribution in [0.5, 0.6) is 0 Å². The van der Waals surface area contributed by atoms with E-state index >= 15 is 0 Å². The molecule has 0 amide bonds. The molecule has 0 atom stereocenters. The summed E-state index contributed by atoms with van der Waals surface area (Å²) in [6.07, 6.45) is 49.0. The van der Waals surface area contributed by atoms with Crippen molar-refractivity contribution in [2.45, 2.75) is 219 Å². The van der Waals surface area contributed by atoms with Gasteiger partial charge in [0.1, 0.15) is 0 Å². The summed E-state index contributed by atoms with van der Waals surface area (Å²) in [6.45, 7) is 4.55. The van der Waals surface area contributed by atoms with Gasteiger partial charge in [0, 0.05) is 29.2 Å². The molecule has 0 aliphatic carbocycles. The molecule has 0 aromatic rings. The fourth-order valence-electron chi connectivity index (χ4n) is 5.64. The summed E-state index contributed by atoms with van der Waals surface area (Å²) in [5.74, 6) is -1.66. The number of rotatable bonds is 34. The Bertz CT molecular complexity index is 578. The zero-order chi connectivity index (χ0) is 32.6. The van der Waals surface area contributed by atoms with E-state index in [9.17, 15) is 9.59 Å². The van der Waals surface area contributed by atoms with Gasteiger partial charge >= 0.3 is 11.9 Å². The normalized spacial score (nSPS) is 11.1. The summed E-state index contributed by atoms with van der Waals surface area (Å²) in [5.41, 5.74) is 0. The molecule has 267 valence electrons. The van der Waals surface area contributed by atoms with Crippen LogP contribution in [0.3, 0.4) is 0 Å². The molecule has 4 nitrogen and oxygen atoms in total. The van der Waals surface area contributed by atoms with E-state index in [4.69, 9.17) is 10.2 Å². The van der Waals surface area contributed by atoms with Crippen molar-refractivity contribution in [3.05, 3.63) is 24.3 Å². The van der Waals surface area contributed by atoms with E-state index in [0.29, 0.717) is 0 Å². The van der Waals surface area contributed by atoms with Gasteiger partial charge in [-0.25, -0.2) is 9.59 Å². The van der Waals surface area contributed by atoms with E-state index in [2.05, 4.69) is 13.8 Å². The Hall–Kier alpha value is -1.06. The summed E-state index contributed by atoms with van der Waals surface area (Å²) in [4.78, 5) is 20.5. The van der Waals surface area contributed by atoms with Gasteiger partial charge in [-0.15, -0.1) is 0 Å². The Balaban J connectivity index is -0.000000767. The second-order valence-corrected chi connectivity index (χ2v) is 13.0. The van der Waals surface area contributed by atoms with Crippen LogP contribution in [0.25, 0.3) is 0 Å². The molecule has 0 rings (SSSR count). The zero-order valence-electron chi connectivity index (χ0n) is 30.0. The van der Waals surface area contributed by atoms with Crippen LogP contribution >= 0.6 is 0 Å². The first-order valence-corrected chi connectivity index (χ1v) is 19.3. The van der Waals surface area contributed by atoms with Crippen molar-refractivity contribution >= 4 is 11.9 Å². The van der Waals surface area contributed by atoms with Crippen molar-refractivity contribution in [1.29, 1.82) is 0 Å². The minimum Gasteiger partial charge on any atom is -0.478 e. The van der Waals surface area contributed by atoms with Gasteiger partial charge in [-0.2, -0.15) is 0 Å². The first kappa shape index (κ1) is 48.3. The number of hydrogen-bond donors (Lipinski definition) is 2. The fourth-order valence-corrected chi connectivity index (χ4v) is 5.64. The molecule has 0 spiro atoms. The number of allylic oxidation sites excluding steroid dienone is 2. The molecular weight excluding hydrogens is 599 g/mol. The molecule has 0 saturated carbocycles. The first-order valence-electron chi connectivity index (χ1n) is 19.3. The molecule has 45 heavy (non-hydrogen) atoms. The van der Waals surface area contributed by atoms with Gasteiger partial charge in [-0.1, -0.05) is 206 Å². The van der Waals surface area contributed by atoms with E-state index in [1.807, 2.05) is 0 Å². The van der Waals surface area contributed by atoms with E-state index in [1.54, 1.807) is 12.2 Å². The van der Waals surface area contributed by atoms with Gasteiger partial charge in [0.05, 0.1) is 0 Å². The Morgan fingerprint density at radius 2 is 0.533 bits per heavy atom. The molecule has 0 aliphatic rings. The van der Waals surface area contributed by atoms with Crippen molar-refractivity contribution in [2.24, 2.45) is 0 Å². The third-order valence-electron chi connectivity index (χ3n) is 8.47. The second kappa shape index (κ2) is 45.1. The molecule has 0 heterocycles. The van der Waals surface area contributed by atoms with Crippen LogP contribution in [0.15, 0.2) is 24.3 Å². The number of hydrogen-bond acceptors (Lipinski definition) is 2. The van der Waals surface area contributed by atoms with Crippen molar-refractivity contribution in [1.82, 2.24) is 0 Å². The summed E-state index contributed by atoms with van der Waals surface area (Å²) in [7, 11) is 0. The zero-order valence-corrected chi connectivity index (χ0v) is 31.2. The topological polar surface area (TPSA) is 74.6 Å². The third kappa shape index (κ3) is 52.7. The standard InChI is InChI=1S/2C20H38O2.Mn/c2*1-2-3-4-5-6-7-8-9-10-11-12-13-14-15-16-17-18-19-20(21)22;/h2*18-19H,2-17H2,1H3,(H,21,22);. The smallest absolute Gasteiger partial charge is 0.327 e. The average Bonchev–Trinajstić information content (AvgIpc) is 3.00.